The molecule has 2 aliphatic heterocycles. The third kappa shape index (κ3) is 17.3. The van der Waals surface area contributed by atoms with E-state index in [1.165, 1.54) is 30.3 Å². The van der Waals surface area contributed by atoms with E-state index in [0.29, 0.717) is 0 Å². The van der Waals surface area contributed by atoms with E-state index >= 15 is 0 Å². The minimum absolute atomic E-state index is 0.0918. The Morgan fingerprint density at radius 2 is 0.966 bits per heavy atom. The molecule has 1 aromatic carbocycles. The predicted octanol–water partition coefficient (Wildman–Crippen LogP) is -4.38. The van der Waals surface area contributed by atoms with Crippen LogP contribution >= 0.6 is 0 Å². The maximum Gasteiger partial charge on any atom is 0.397 e. The zero-order chi connectivity index (χ0) is 44.3. The lowest BCUT2D eigenvalue weighted by atomic mass is 9.98. The Hall–Kier alpha value is -1.85. The Labute approximate surface area is 327 Å². The summed E-state index contributed by atoms with van der Waals surface area (Å²) < 4.78 is 282. The molecule has 0 aromatic heterocycles. The van der Waals surface area contributed by atoms with Crippen molar-refractivity contribution in [3.63, 3.8) is 0 Å². The van der Waals surface area contributed by atoms with Gasteiger partial charge in [-0.3, -0.25) is 31.9 Å². The second-order valence-corrected chi connectivity index (χ2v) is 18.4. The zero-order valence-corrected chi connectivity index (χ0v) is 33.2. The van der Waals surface area contributed by atoms with Gasteiger partial charge in [-0.1, -0.05) is 30.3 Å². The van der Waals surface area contributed by atoms with E-state index in [1.807, 2.05) is 0 Å². The molecule has 0 radical (unpaired) electrons. The van der Waals surface area contributed by atoms with Crippen molar-refractivity contribution in [2.24, 2.45) is 0 Å². The second-order valence-electron chi connectivity index (χ2n) is 10.9. The summed E-state index contributed by atoms with van der Waals surface area (Å²) >= 11 is 0. The zero-order valence-electron chi connectivity index (χ0n) is 27.5. The highest BCUT2D eigenvalue weighted by atomic mass is 32.3. The molecule has 2 fully saturated rings. The molecule has 2 heterocycles. The SMILES string of the molecule is O=S(=O)(O)OC[C@H]1O[C@@](COS(=O)(=O)O)(O[C@H]2O[C@H](COS(=O)(=O)O)[C@@H](OS(=O)(=O)O)[C@H](OS(=O)(=O)O)[C@H]2OCc2ccccc2)[C@@H](OS(=O)(=O)O)[C@@H]1OS(=O)(=O)O. The van der Waals surface area contributed by atoms with Crippen LogP contribution in [-0.4, -0.2) is 165 Å². The van der Waals surface area contributed by atoms with Crippen molar-refractivity contribution in [1.29, 1.82) is 0 Å². The molecule has 338 valence electrons. The lowest BCUT2D eigenvalue weighted by molar-refractivity contribution is -0.381. The maximum atomic E-state index is 12.1. The molecule has 58 heavy (non-hydrogen) atoms. The Balaban J connectivity index is 2.40. The summed E-state index contributed by atoms with van der Waals surface area (Å²) in [6, 6.07) is 6.79. The Morgan fingerprint density at radius 1 is 0.517 bits per heavy atom. The fourth-order valence-electron chi connectivity index (χ4n) is 4.94. The lowest BCUT2D eigenvalue weighted by Gasteiger charge is -2.46. The average molecular weight is 993 g/mol. The van der Waals surface area contributed by atoms with Crippen LogP contribution in [0.1, 0.15) is 5.56 Å². The van der Waals surface area contributed by atoms with Crippen LogP contribution in [0.25, 0.3) is 0 Å². The summed E-state index contributed by atoms with van der Waals surface area (Å²) in [5.41, 5.74) is 0.0918. The molecule has 1 aromatic rings. The highest BCUT2D eigenvalue weighted by molar-refractivity contribution is 7.82. The first-order chi connectivity index (χ1) is 26.0. The normalized spacial score (nSPS) is 29.4. The standard InChI is InChI=1S/C19H28O32S7/c20-52(21,22)42-7-11-13(48-55(29,30)31)15(50-57(35,36)37)16(41-6-10-4-2-1-3-5-10)18(45-11)47-19(9-44-54(26,27)28)17(51-58(38,39)40)14(49-56(32,33)34)12(46-19)8-43-53(23,24)25/h1-5,11-18H,6-9H2,(H,20,21,22)(H,23,24,25)(H,26,27,28)(H,29,30,31)(H,32,33,34)(H,35,36,37)(H,38,39,40)/t11-,12-,13-,14-,15+,16-,17+,18-,19+/m1/s1. The molecule has 3 rings (SSSR count). The molecule has 0 saturated carbocycles. The minimum Gasteiger partial charge on any atom is -0.365 e. The largest absolute Gasteiger partial charge is 0.397 e. The quantitative estimate of drug-likeness (QED) is 0.0540. The Morgan fingerprint density at radius 3 is 1.43 bits per heavy atom. The van der Waals surface area contributed by atoms with Gasteiger partial charge >= 0.3 is 72.8 Å². The van der Waals surface area contributed by atoms with Crippen LogP contribution in [0.5, 0.6) is 0 Å². The molecule has 7 N–H and O–H groups in total. The first kappa shape index (κ1) is 50.5. The Bertz CT molecular complexity index is 2370. The van der Waals surface area contributed by atoms with E-state index in [2.05, 4.69) is 29.3 Å². The lowest BCUT2D eigenvalue weighted by Crippen LogP contribution is -2.65. The maximum absolute atomic E-state index is 12.1. The van der Waals surface area contributed by atoms with Crippen LogP contribution in [0.3, 0.4) is 0 Å². The fourth-order valence-corrected chi connectivity index (χ4v) is 7.90. The van der Waals surface area contributed by atoms with Gasteiger partial charge in [0.2, 0.25) is 5.79 Å². The minimum atomic E-state index is -6.12. The predicted molar refractivity (Wildman–Crippen MR) is 171 cm³/mol. The first-order valence-electron chi connectivity index (χ1n) is 14.2. The highest BCUT2D eigenvalue weighted by Crippen LogP contribution is 2.42. The molecular formula is C19H28O32S7. The van der Waals surface area contributed by atoms with Crippen LogP contribution in [0.2, 0.25) is 0 Å². The molecule has 32 nitrogen and oxygen atoms in total. The van der Waals surface area contributed by atoms with Crippen molar-refractivity contribution in [2.45, 2.75) is 61.4 Å². The molecular weight excluding hydrogens is 965 g/mol. The summed E-state index contributed by atoms with van der Waals surface area (Å²) in [4.78, 5) is 0. The van der Waals surface area contributed by atoms with Crippen LogP contribution in [-0.2, 0) is 128 Å². The van der Waals surface area contributed by atoms with Crippen LogP contribution in [0.4, 0.5) is 0 Å². The van der Waals surface area contributed by atoms with E-state index in [4.69, 9.17) is 28.1 Å². The van der Waals surface area contributed by atoms with E-state index in [9.17, 15) is 81.7 Å². The number of rotatable bonds is 22. The first-order valence-corrected chi connectivity index (χ1v) is 23.7. The van der Waals surface area contributed by atoms with Crippen molar-refractivity contribution < 1.29 is 139 Å². The van der Waals surface area contributed by atoms with E-state index < -0.39 is 154 Å². The van der Waals surface area contributed by atoms with Crippen LogP contribution in [0, 0.1) is 0 Å². The van der Waals surface area contributed by atoms with Gasteiger partial charge in [0.15, 0.2) is 12.4 Å². The molecule has 0 bridgehead atoms. The third-order valence-corrected chi connectivity index (χ3v) is 9.87. The van der Waals surface area contributed by atoms with Gasteiger partial charge in [-0.2, -0.15) is 58.9 Å². The van der Waals surface area contributed by atoms with Crippen molar-refractivity contribution >= 4 is 72.8 Å². The highest BCUT2D eigenvalue weighted by Gasteiger charge is 2.65. The van der Waals surface area contributed by atoms with Gasteiger partial charge in [0.25, 0.3) is 0 Å². The summed E-state index contributed by atoms with van der Waals surface area (Å²) in [5.74, 6) is -3.86. The summed E-state index contributed by atoms with van der Waals surface area (Å²) in [6.07, 6.45) is -23.1. The van der Waals surface area contributed by atoms with Crippen molar-refractivity contribution in [3.05, 3.63) is 35.9 Å². The number of hydrogen-bond acceptors (Lipinski definition) is 25. The number of hydrogen-bond donors (Lipinski definition) is 7. The van der Waals surface area contributed by atoms with Crippen LogP contribution in [0.15, 0.2) is 30.3 Å². The van der Waals surface area contributed by atoms with Gasteiger partial charge in [0.1, 0.15) is 43.2 Å². The molecule has 39 heteroatoms. The number of benzene rings is 1. The molecule has 9 atom stereocenters. The molecule has 2 saturated heterocycles. The monoisotopic (exact) mass is 992 g/mol. The summed E-state index contributed by atoms with van der Waals surface area (Å²) in [5, 5.41) is 0. The van der Waals surface area contributed by atoms with Gasteiger partial charge < -0.3 is 18.9 Å². The molecule has 0 amide bonds. The van der Waals surface area contributed by atoms with Gasteiger partial charge in [-0.15, -0.1) is 0 Å². The van der Waals surface area contributed by atoms with Gasteiger partial charge in [0.05, 0.1) is 19.8 Å². The molecule has 2 aliphatic rings. The molecule has 0 aliphatic carbocycles. The van der Waals surface area contributed by atoms with E-state index in [1.54, 1.807) is 0 Å². The molecule has 0 spiro atoms. The average Bonchev–Trinajstić information content (AvgIpc) is 3.26. The van der Waals surface area contributed by atoms with Crippen LogP contribution < -0.4 is 0 Å². The number of ether oxygens (including phenoxy) is 4. The van der Waals surface area contributed by atoms with E-state index in [0.717, 1.165) is 0 Å². The topological polar surface area (TPSA) is 482 Å². The fraction of sp³-hybridized carbons (Fsp3) is 0.684. The summed E-state index contributed by atoms with van der Waals surface area (Å²) in [7, 11) is -41.0. The third-order valence-electron chi connectivity index (χ3n) is 6.74. The Kier molecular flexibility index (Phi) is 16.2. The van der Waals surface area contributed by atoms with E-state index in [-0.39, 0.29) is 5.56 Å². The van der Waals surface area contributed by atoms with Gasteiger partial charge in [-0.05, 0) is 5.56 Å². The van der Waals surface area contributed by atoms with Crippen molar-refractivity contribution in [2.75, 3.05) is 19.8 Å². The molecule has 0 unspecified atom stereocenters. The smallest absolute Gasteiger partial charge is 0.365 e. The van der Waals surface area contributed by atoms with Crippen molar-refractivity contribution in [3.8, 4) is 0 Å². The summed E-state index contributed by atoms with van der Waals surface area (Å²) in [6.45, 7) is -6.56. The van der Waals surface area contributed by atoms with Gasteiger partial charge in [-0.25, -0.2) is 29.3 Å². The second kappa shape index (κ2) is 18.6. The van der Waals surface area contributed by atoms with Gasteiger partial charge in [0, 0.05) is 0 Å². The van der Waals surface area contributed by atoms with Crippen molar-refractivity contribution in [1.82, 2.24) is 0 Å².